The fraction of sp³-hybridized carbons (Fsp3) is 0.632. The number of aliphatic imine (C=N–C) groups is 1. The highest BCUT2D eigenvalue weighted by molar-refractivity contribution is 14.0. The number of guanidine groups is 1. The smallest absolute Gasteiger partial charge is 0.217 e. The number of carbonyl (C=O) groups excluding carboxylic acids is 1. The summed E-state index contributed by atoms with van der Waals surface area (Å²) in [7, 11) is 1.79. The number of primary amides is 1. The van der Waals surface area contributed by atoms with Crippen LogP contribution < -0.4 is 16.0 Å². The largest absolute Gasteiger partial charge is 0.370 e. The third-order valence-electron chi connectivity index (χ3n) is 4.87. The number of piperidine rings is 1. The number of carbonyl (C=O) groups is 1. The molecule has 1 aliphatic rings. The van der Waals surface area contributed by atoms with Crippen LogP contribution in [0.2, 0.25) is 0 Å². The van der Waals surface area contributed by atoms with Gasteiger partial charge in [-0.15, -0.1) is 24.0 Å². The van der Waals surface area contributed by atoms with Crippen molar-refractivity contribution in [3.63, 3.8) is 0 Å². The van der Waals surface area contributed by atoms with Gasteiger partial charge in [0.05, 0.1) is 0 Å². The highest BCUT2D eigenvalue weighted by Gasteiger charge is 2.23. The minimum atomic E-state index is -0.223. The van der Waals surface area contributed by atoms with Gasteiger partial charge in [0.2, 0.25) is 5.91 Å². The molecule has 0 aromatic carbocycles. The third kappa shape index (κ3) is 7.15. The van der Waals surface area contributed by atoms with E-state index in [4.69, 9.17) is 5.73 Å². The second-order valence-electron chi connectivity index (χ2n) is 6.72. The summed E-state index contributed by atoms with van der Waals surface area (Å²) in [5, 5.41) is 3.41. The van der Waals surface area contributed by atoms with Gasteiger partial charge in [0.15, 0.2) is 5.96 Å². The van der Waals surface area contributed by atoms with Crippen LogP contribution in [0, 0.1) is 5.92 Å². The third-order valence-corrected chi connectivity index (χ3v) is 4.87. The van der Waals surface area contributed by atoms with Crippen LogP contribution in [-0.2, 0) is 11.3 Å². The summed E-state index contributed by atoms with van der Waals surface area (Å²) in [6.45, 7) is 8.62. The number of halogens is 1. The molecule has 8 heteroatoms. The number of rotatable bonds is 7. The number of anilines is 1. The summed E-state index contributed by atoms with van der Waals surface area (Å²) in [4.78, 5) is 24.6. The predicted molar refractivity (Wildman–Crippen MR) is 122 cm³/mol. The molecule has 1 unspecified atom stereocenters. The summed E-state index contributed by atoms with van der Waals surface area (Å²) in [6.07, 6.45) is 4.47. The first kappa shape index (κ1) is 23.5. The first-order chi connectivity index (χ1) is 12.6. The molecule has 2 heterocycles. The number of nitrogens with zero attached hydrogens (tertiary/aromatic N) is 4. The van der Waals surface area contributed by atoms with Gasteiger partial charge >= 0.3 is 0 Å². The molecular formula is C19H33IN6O. The van der Waals surface area contributed by atoms with Crippen molar-refractivity contribution in [3.8, 4) is 0 Å². The Morgan fingerprint density at radius 1 is 1.41 bits per heavy atom. The van der Waals surface area contributed by atoms with E-state index in [2.05, 4.69) is 51.1 Å². The molecule has 152 valence electrons. The van der Waals surface area contributed by atoms with Gasteiger partial charge in [-0.2, -0.15) is 0 Å². The summed E-state index contributed by atoms with van der Waals surface area (Å²) < 4.78 is 0. The van der Waals surface area contributed by atoms with Gasteiger partial charge in [0.1, 0.15) is 5.82 Å². The van der Waals surface area contributed by atoms with Crippen molar-refractivity contribution in [1.82, 2.24) is 15.2 Å². The Morgan fingerprint density at radius 2 is 2.15 bits per heavy atom. The number of aromatic nitrogens is 1. The minimum Gasteiger partial charge on any atom is -0.370 e. The maximum absolute atomic E-state index is 11.2. The van der Waals surface area contributed by atoms with Crippen LogP contribution in [0.5, 0.6) is 0 Å². The van der Waals surface area contributed by atoms with E-state index in [0.29, 0.717) is 18.9 Å². The lowest BCUT2D eigenvalue weighted by atomic mass is 9.95. The lowest BCUT2D eigenvalue weighted by Gasteiger charge is -2.34. The normalized spacial score (nSPS) is 17.2. The molecule has 1 aromatic heterocycles. The molecule has 0 bridgehead atoms. The standard InChI is InChI=1S/C19H32N6O.HI/c1-4-24(5-2)18-9-8-16(12-22-18)13-23-19(21-3)25-10-6-7-15(14-25)11-17(20)26;/h8-9,12,15H,4-7,10-11,13-14H2,1-3H3,(H2,20,26)(H,21,23);1H. The molecule has 1 aliphatic heterocycles. The van der Waals surface area contributed by atoms with Crippen molar-refractivity contribution in [2.24, 2.45) is 16.6 Å². The van der Waals surface area contributed by atoms with E-state index in [1.165, 1.54) is 0 Å². The predicted octanol–water partition coefficient (Wildman–Crippen LogP) is 2.21. The van der Waals surface area contributed by atoms with Gasteiger partial charge in [0.25, 0.3) is 0 Å². The van der Waals surface area contributed by atoms with Crippen molar-refractivity contribution in [2.75, 3.05) is 38.1 Å². The molecule has 7 nitrogen and oxygen atoms in total. The Morgan fingerprint density at radius 3 is 2.70 bits per heavy atom. The number of likely N-dealkylation sites (tertiary alicyclic amines) is 1. The van der Waals surface area contributed by atoms with Gasteiger partial charge < -0.3 is 20.9 Å². The van der Waals surface area contributed by atoms with E-state index in [0.717, 1.165) is 56.4 Å². The highest BCUT2D eigenvalue weighted by Crippen LogP contribution is 2.19. The Hall–Kier alpha value is -1.58. The molecule has 0 spiro atoms. The maximum Gasteiger partial charge on any atom is 0.217 e. The average Bonchev–Trinajstić information content (AvgIpc) is 2.64. The summed E-state index contributed by atoms with van der Waals surface area (Å²) >= 11 is 0. The zero-order valence-corrected chi connectivity index (χ0v) is 19.0. The number of pyridine rings is 1. The van der Waals surface area contributed by atoms with E-state index in [1.807, 2.05) is 6.20 Å². The fourth-order valence-corrected chi connectivity index (χ4v) is 3.48. The molecule has 27 heavy (non-hydrogen) atoms. The van der Waals surface area contributed by atoms with Crippen LogP contribution in [0.3, 0.4) is 0 Å². The lowest BCUT2D eigenvalue weighted by Crippen LogP contribution is -2.46. The first-order valence-corrected chi connectivity index (χ1v) is 9.51. The second-order valence-corrected chi connectivity index (χ2v) is 6.72. The molecule has 1 atom stereocenters. The van der Waals surface area contributed by atoms with Gasteiger partial charge in [-0.1, -0.05) is 6.07 Å². The summed E-state index contributed by atoms with van der Waals surface area (Å²) in [5.74, 6) is 1.97. The van der Waals surface area contributed by atoms with Crippen molar-refractivity contribution in [2.45, 2.75) is 39.7 Å². The van der Waals surface area contributed by atoms with E-state index in [9.17, 15) is 4.79 Å². The van der Waals surface area contributed by atoms with Crippen molar-refractivity contribution < 1.29 is 4.79 Å². The van der Waals surface area contributed by atoms with Crippen LogP contribution >= 0.6 is 24.0 Å². The van der Waals surface area contributed by atoms with Crippen LogP contribution in [-0.4, -0.2) is 55.0 Å². The topological polar surface area (TPSA) is 86.9 Å². The Labute approximate surface area is 179 Å². The van der Waals surface area contributed by atoms with E-state index < -0.39 is 0 Å². The van der Waals surface area contributed by atoms with Crippen molar-refractivity contribution >= 4 is 41.7 Å². The van der Waals surface area contributed by atoms with E-state index in [1.54, 1.807) is 7.05 Å². The molecule has 0 aliphatic carbocycles. The van der Waals surface area contributed by atoms with Crippen molar-refractivity contribution in [1.29, 1.82) is 0 Å². The maximum atomic E-state index is 11.2. The molecule has 1 saturated heterocycles. The number of amides is 1. The monoisotopic (exact) mass is 488 g/mol. The van der Waals surface area contributed by atoms with Gasteiger partial charge in [-0.3, -0.25) is 9.79 Å². The quantitative estimate of drug-likeness (QED) is 0.349. The molecule has 1 aromatic rings. The van der Waals surface area contributed by atoms with Gasteiger partial charge in [-0.25, -0.2) is 4.98 Å². The zero-order chi connectivity index (χ0) is 18.9. The molecule has 0 radical (unpaired) electrons. The molecule has 3 N–H and O–H groups in total. The zero-order valence-electron chi connectivity index (χ0n) is 16.6. The summed E-state index contributed by atoms with van der Waals surface area (Å²) in [5.41, 5.74) is 6.47. The van der Waals surface area contributed by atoms with Crippen LogP contribution in [0.4, 0.5) is 5.82 Å². The molecule has 0 saturated carbocycles. The Bertz CT molecular complexity index is 603. The lowest BCUT2D eigenvalue weighted by molar-refractivity contribution is -0.119. The fourth-order valence-electron chi connectivity index (χ4n) is 3.48. The van der Waals surface area contributed by atoms with Gasteiger partial charge in [-0.05, 0) is 44.2 Å². The average molecular weight is 488 g/mol. The molecule has 1 fully saturated rings. The SMILES string of the molecule is CCN(CC)c1ccc(CNC(=NC)N2CCCC(CC(N)=O)C2)cn1.I. The first-order valence-electron chi connectivity index (χ1n) is 9.51. The number of hydrogen-bond donors (Lipinski definition) is 2. The highest BCUT2D eigenvalue weighted by atomic mass is 127. The van der Waals surface area contributed by atoms with E-state index in [-0.39, 0.29) is 29.9 Å². The number of hydrogen-bond acceptors (Lipinski definition) is 4. The Balaban J connectivity index is 0.00000364. The number of nitrogens with two attached hydrogens (primary N) is 1. The number of nitrogens with one attached hydrogen (secondary N) is 1. The minimum absolute atomic E-state index is 0. The Kier molecular flexibility index (Phi) is 10.4. The van der Waals surface area contributed by atoms with Crippen LogP contribution in [0.1, 0.15) is 38.7 Å². The molecule has 2 rings (SSSR count). The molecule has 1 amide bonds. The van der Waals surface area contributed by atoms with Gasteiger partial charge in [0, 0.05) is 52.4 Å². The van der Waals surface area contributed by atoms with Crippen molar-refractivity contribution in [3.05, 3.63) is 23.9 Å². The van der Waals surface area contributed by atoms with Crippen LogP contribution in [0.25, 0.3) is 0 Å². The van der Waals surface area contributed by atoms with E-state index >= 15 is 0 Å². The molecular weight excluding hydrogens is 455 g/mol. The van der Waals surface area contributed by atoms with Crippen LogP contribution in [0.15, 0.2) is 23.3 Å². The second kappa shape index (κ2) is 12.0. The summed E-state index contributed by atoms with van der Waals surface area (Å²) in [6, 6.07) is 4.17.